The van der Waals surface area contributed by atoms with Crippen LogP contribution in [0.3, 0.4) is 0 Å². The Hall–Kier alpha value is -1.07. The Bertz CT molecular complexity index is 349. The molecule has 0 radical (unpaired) electrons. The summed E-state index contributed by atoms with van der Waals surface area (Å²) < 4.78 is 5.00. The van der Waals surface area contributed by atoms with Crippen molar-refractivity contribution < 1.29 is 4.74 Å². The topological polar surface area (TPSA) is 59.6 Å². The highest BCUT2D eigenvalue weighted by Gasteiger charge is 2.01. The molecular weight excluding hydrogens is 222 g/mol. The van der Waals surface area contributed by atoms with E-state index in [2.05, 4.69) is 29.4 Å². The van der Waals surface area contributed by atoms with E-state index in [0.717, 1.165) is 0 Å². The summed E-state index contributed by atoms with van der Waals surface area (Å²) in [6, 6.07) is 4.35. The number of aliphatic imine (C=N–C) groups is 1. The van der Waals surface area contributed by atoms with Gasteiger partial charge in [-0.25, -0.2) is 4.99 Å². The second kappa shape index (κ2) is 6.50. The molecule has 16 heavy (non-hydrogen) atoms. The predicted octanol–water partition coefficient (Wildman–Crippen LogP) is 1.50. The van der Waals surface area contributed by atoms with E-state index in [0.29, 0.717) is 19.1 Å². The molecule has 0 saturated heterocycles. The Morgan fingerprint density at radius 2 is 2.38 bits per heavy atom. The van der Waals surface area contributed by atoms with Crippen LogP contribution in [0.1, 0.15) is 16.7 Å². The molecule has 1 heterocycles. The highest BCUT2D eigenvalue weighted by Crippen LogP contribution is 2.15. The van der Waals surface area contributed by atoms with Gasteiger partial charge in [0.2, 0.25) is 0 Å². The third kappa shape index (κ3) is 4.63. The van der Waals surface area contributed by atoms with Gasteiger partial charge >= 0.3 is 0 Å². The molecule has 0 aliphatic carbocycles. The third-order valence-electron chi connectivity index (χ3n) is 2.01. The molecule has 1 aromatic rings. The third-order valence-corrected chi connectivity index (χ3v) is 3.00. The minimum absolute atomic E-state index is 0.179. The molecule has 1 aromatic heterocycles. The number of nitrogens with zero attached hydrogens (tertiary/aromatic N) is 1. The number of thiophene rings is 1. The first-order valence-corrected chi connectivity index (χ1v) is 6.04. The monoisotopic (exact) mass is 241 g/mol. The maximum Gasteiger partial charge on any atom is 0.189 e. The van der Waals surface area contributed by atoms with Crippen molar-refractivity contribution in [1.29, 1.82) is 0 Å². The first-order chi connectivity index (χ1) is 7.61. The van der Waals surface area contributed by atoms with Crippen LogP contribution in [0, 0.1) is 6.92 Å². The molecule has 0 spiro atoms. The molecule has 1 atom stereocenters. The van der Waals surface area contributed by atoms with Crippen molar-refractivity contribution >= 4 is 17.3 Å². The lowest BCUT2D eigenvalue weighted by Crippen LogP contribution is -2.40. The minimum atomic E-state index is 0.179. The summed E-state index contributed by atoms with van der Waals surface area (Å²) in [6.07, 6.45) is 0. The van der Waals surface area contributed by atoms with E-state index in [1.165, 1.54) is 9.75 Å². The molecule has 4 nitrogen and oxygen atoms in total. The van der Waals surface area contributed by atoms with E-state index in [1.54, 1.807) is 18.4 Å². The predicted molar refractivity (Wildman–Crippen MR) is 68.9 cm³/mol. The van der Waals surface area contributed by atoms with Gasteiger partial charge in [-0.3, -0.25) is 0 Å². The second-order valence-corrected chi connectivity index (χ2v) is 5.09. The number of aryl methyl sites for hydroxylation is 1. The summed E-state index contributed by atoms with van der Waals surface area (Å²) in [4.78, 5) is 6.79. The van der Waals surface area contributed by atoms with Gasteiger partial charge in [-0.05, 0) is 26.0 Å². The quantitative estimate of drug-likeness (QED) is 0.606. The number of nitrogens with two attached hydrogens (primary N) is 1. The molecular formula is C11H19N3OS. The summed E-state index contributed by atoms with van der Waals surface area (Å²) in [6.45, 7) is 5.34. The summed E-state index contributed by atoms with van der Waals surface area (Å²) in [7, 11) is 1.67. The van der Waals surface area contributed by atoms with Gasteiger partial charge in [-0.15, -0.1) is 11.3 Å². The standard InChI is InChI=1S/C11H19N3OS/c1-8(7-15-3)14-11(12)13-6-10-5-4-9(2)16-10/h4-5,8H,6-7H2,1-3H3,(H3,12,13,14). The van der Waals surface area contributed by atoms with Crippen LogP contribution in [-0.2, 0) is 11.3 Å². The maximum atomic E-state index is 5.75. The molecule has 0 bridgehead atoms. The normalized spacial score (nSPS) is 13.8. The van der Waals surface area contributed by atoms with Gasteiger partial charge in [0.05, 0.1) is 13.2 Å². The average Bonchev–Trinajstić information content (AvgIpc) is 2.61. The molecule has 0 saturated carbocycles. The van der Waals surface area contributed by atoms with Crippen LogP contribution in [0.5, 0.6) is 0 Å². The van der Waals surface area contributed by atoms with Crippen molar-refractivity contribution in [2.75, 3.05) is 13.7 Å². The first kappa shape index (κ1) is 13.0. The van der Waals surface area contributed by atoms with Crippen molar-refractivity contribution in [3.63, 3.8) is 0 Å². The van der Waals surface area contributed by atoms with Crippen LogP contribution >= 0.6 is 11.3 Å². The fourth-order valence-electron chi connectivity index (χ4n) is 1.32. The lowest BCUT2D eigenvalue weighted by atomic mass is 10.4. The van der Waals surface area contributed by atoms with E-state index >= 15 is 0 Å². The highest BCUT2D eigenvalue weighted by atomic mass is 32.1. The van der Waals surface area contributed by atoms with Gasteiger partial charge in [0.25, 0.3) is 0 Å². The molecule has 0 aliphatic rings. The van der Waals surface area contributed by atoms with Crippen LogP contribution in [0.2, 0.25) is 0 Å². The van der Waals surface area contributed by atoms with E-state index in [9.17, 15) is 0 Å². The van der Waals surface area contributed by atoms with E-state index in [-0.39, 0.29) is 6.04 Å². The lowest BCUT2D eigenvalue weighted by Gasteiger charge is -2.12. The van der Waals surface area contributed by atoms with Gasteiger partial charge in [0.15, 0.2) is 5.96 Å². The van der Waals surface area contributed by atoms with E-state index in [4.69, 9.17) is 10.5 Å². The number of guanidine groups is 1. The zero-order chi connectivity index (χ0) is 12.0. The Labute approximate surface area is 101 Å². The van der Waals surface area contributed by atoms with Crippen molar-refractivity contribution in [3.8, 4) is 0 Å². The molecule has 90 valence electrons. The Kier molecular flexibility index (Phi) is 5.28. The second-order valence-electron chi connectivity index (χ2n) is 3.71. The van der Waals surface area contributed by atoms with Crippen molar-refractivity contribution in [2.24, 2.45) is 10.7 Å². The van der Waals surface area contributed by atoms with Crippen molar-refractivity contribution in [1.82, 2.24) is 5.32 Å². The zero-order valence-electron chi connectivity index (χ0n) is 9.99. The summed E-state index contributed by atoms with van der Waals surface area (Å²) >= 11 is 1.74. The number of rotatable bonds is 5. The van der Waals surface area contributed by atoms with Crippen LogP contribution < -0.4 is 11.1 Å². The SMILES string of the molecule is COCC(C)NC(N)=NCc1ccc(C)s1. The van der Waals surface area contributed by atoms with E-state index in [1.807, 2.05) is 6.92 Å². The van der Waals surface area contributed by atoms with Crippen LogP contribution in [-0.4, -0.2) is 25.7 Å². The fraction of sp³-hybridized carbons (Fsp3) is 0.545. The number of nitrogens with one attached hydrogen (secondary N) is 1. The summed E-state index contributed by atoms with van der Waals surface area (Å²) in [5.74, 6) is 0.468. The number of hydrogen-bond acceptors (Lipinski definition) is 3. The van der Waals surface area contributed by atoms with Gasteiger partial charge < -0.3 is 15.8 Å². The molecule has 0 aromatic carbocycles. The largest absolute Gasteiger partial charge is 0.383 e. The lowest BCUT2D eigenvalue weighted by molar-refractivity contribution is 0.179. The van der Waals surface area contributed by atoms with Gasteiger partial charge in [-0.2, -0.15) is 0 Å². The zero-order valence-corrected chi connectivity index (χ0v) is 10.8. The minimum Gasteiger partial charge on any atom is -0.383 e. The molecule has 1 rings (SSSR count). The van der Waals surface area contributed by atoms with Gasteiger partial charge in [0, 0.05) is 22.9 Å². The molecule has 1 unspecified atom stereocenters. The molecule has 5 heteroatoms. The Morgan fingerprint density at radius 1 is 1.62 bits per heavy atom. The highest BCUT2D eigenvalue weighted by molar-refractivity contribution is 7.11. The van der Waals surface area contributed by atoms with Crippen molar-refractivity contribution in [3.05, 3.63) is 21.9 Å². The fourth-order valence-corrected chi connectivity index (χ4v) is 2.14. The van der Waals surface area contributed by atoms with Gasteiger partial charge in [-0.1, -0.05) is 0 Å². The van der Waals surface area contributed by atoms with Crippen LogP contribution in [0.15, 0.2) is 17.1 Å². The van der Waals surface area contributed by atoms with Crippen molar-refractivity contribution in [2.45, 2.75) is 26.4 Å². The number of hydrogen-bond donors (Lipinski definition) is 2. The summed E-state index contributed by atoms with van der Waals surface area (Å²) in [5, 5.41) is 3.07. The molecule has 3 N–H and O–H groups in total. The number of methoxy groups -OCH3 is 1. The smallest absolute Gasteiger partial charge is 0.189 e. The molecule has 0 aliphatic heterocycles. The average molecular weight is 241 g/mol. The maximum absolute atomic E-state index is 5.75. The Morgan fingerprint density at radius 3 is 2.94 bits per heavy atom. The van der Waals surface area contributed by atoms with Crippen LogP contribution in [0.25, 0.3) is 0 Å². The van der Waals surface area contributed by atoms with E-state index < -0.39 is 0 Å². The Balaban J connectivity index is 2.39. The van der Waals surface area contributed by atoms with Crippen LogP contribution in [0.4, 0.5) is 0 Å². The molecule has 0 fully saturated rings. The van der Waals surface area contributed by atoms with Gasteiger partial charge in [0.1, 0.15) is 0 Å². The molecule has 0 amide bonds. The first-order valence-electron chi connectivity index (χ1n) is 5.22. The summed E-state index contributed by atoms with van der Waals surface area (Å²) in [5.41, 5.74) is 5.75. The number of ether oxygens (including phenoxy) is 1.